The molecule has 2 N–H and O–H groups in total. The van der Waals surface area contributed by atoms with Crippen LogP contribution in [0.5, 0.6) is 0 Å². The Morgan fingerprint density at radius 2 is 1.26 bits per heavy atom. The molecule has 0 aromatic carbocycles. The fourth-order valence-corrected chi connectivity index (χ4v) is 4.29. The van der Waals surface area contributed by atoms with Crippen molar-refractivity contribution in [3.05, 3.63) is 0 Å². The van der Waals surface area contributed by atoms with Gasteiger partial charge in [-0.25, -0.2) is 0 Å². The van der Waals surface area contributed by atoms with Crippen LogP contribution in [0, 0.1) is 0 Å². The molecule has 0 aromatic rings. The van der Waals surface area contributed by atoms with Crippen LogP contribution < -0.4 is 0 Å². The lowest BCUT2D eigenvalue weighted by Gasteiger charge is -2.32. The summed E-state index contributed by atoms with van der Waals surface area (Å²) >= 11 is 0. The molecule has 1 fully saturated rings. The van der Waals surface area contributed by atoms with Crippen LogP contribution in [-0.4, -0.2) is 59.7 Å². The van der Waals surface area contributed by atoms with Crippen LogP contribution in [0.2, 0.25) is 0 Å². The fourth-order valence-electron chi connectivity index (χ4n) is 4.29. The van der Waals surface area contributed by atoms with Crippen molar-refractivity contribution in [1.29, 1.82) is 0 Å². The summed E-state index contributed by atoms with van der Waals surface area (Å²) in [5.74, 6) is 0. The van der Waals surface area contributed by atoms with Gasteiger partial charge in [-0.3, -0.25) is 4.90 Å². The minimum atomic E-state index is -0.540. The largest absolute Gasteiger partial charge is 0.391 e. The van der Waals surface area contributed by atoms with Gasteiger partial charge in [0.15, 0.2) is 0 Å². The maximum atomic E-state index is 10.4. The van der Waals surface area contributed by atoms with Crippen molar-refractivity contribution in [1.82, 2.24) is 4.90 Å². The average Bonchev–Trinajstić information content (AvgIpc) is 2.93. The summed E-state index contributed by atoms with van der Waals surface area (Å²) in [7, 11) is 2.07. The molecule has 4 heteroatoms. The van der Waals surface area contributed by atoms with E-state index in [1.807, 2.05) is 0 Å². The van der Waals surface area contributed by atoms with Gasteiger partial charge in [0, 0.05) is 13.0 Å². The number of aliphatic hydroxyl groups is 2. The third-order valence-electron chi connectivity index (χ3n) is 6.02. The Morgan fingerprint density at radius 3 is 1.85 bits per heavy atom. The second-order valence-corrected chi connectivity index (χ2v) is 8.57. The lowest BCUT2D eigenvalue weighted by molar-refractivity contribution is -0.0589. The molecule has 4 nitrogen and oxygen atoms in total. The van der Waals surface area contributed by atoms with Gasteiger partial charge < -0.3 is 14.9 Å². The van der Waals surface area contributed by atoms with Crippen molar-refractivity contribution >= 4 is 0 Å². The van der Waals surface area contributed by atoms with Crippen LogP contribution in [0.15, 0.2) is 0 Å². The Labute approximate surface area is 168 Å². The Balaban J connectivity index is 2.23. The molecule has 1 rings (SSSR count). The SMILES string of the molecule is CCCCCCCCCCN(C)[C@H]1[C@H](OCCCCCCC)[C@H](O)C[C@@H]1O. The monoisotopic (exact) mass is 385 g/mol. The standard InChI is InChI=1S/C23H47NO3/c1-4-6-8-10-11-12-13-15-17-24(3)22-20(25)19-21(26)23(22)27-18-16-14-9-7-5-2/h20-23,25-26H,4-19H2,1-3H3/t20-,21+,22+,23+/m0/s1. The molecule has 27 heavy (non-hydrogen) atoms. The van der Waals surface area contributed by atoms with Gasteiger partial charge in [0.2, 0.25) is 0 Å². The van der Waals surface area contributed by atoms with E-state index >= 15 is 0 Å². The molecule has 0 spiro atoms. The van der Waals surface area contributed by atoms with Crippen LogP contribution >= 0.6 is 0 Å². The first-order valence-electron chi connectivity index (χ1n) is 11.8. The molecule has 0 aliphatic heterocycles. The molecular formula is C23H47NO3. The highest BCUT2D eigenvalue weighted by atomic mass is 16.5. The van der Waals surface area contributed by atoms with E-state index in [0.29, 0.717) is 13.0 Å². The van der Waals surface area contributed by atoms with Crippen molar-refractivity contribution in [3.8, 4) is 0 Å². The van der Waals surface area contributed by atoms with E-state index in [9.17, 15) is 10.2 Å². The summed E-state index contributed by atoms with van der Waals surface area (Å²) in [4.78, 5) is 2.22. The first kappa shape index (κ1) is 24.9. The predicted molar refractivity (Wildman–Crippen MR) is 114 cm³/mol. The van der Waals surface area contributed by atoms with Gasteiger partial charge in [-0.1, -0.05) is 84.5 Å². The van der Waals surface area contributed by atoms with E-state index in [4.69, 9.17) is 4.74 Å². The maximum Gasteiger partial charge on any atom is 0.101 e. The zero-order valence-electron chi connectivity index (χ0n) is 18.4. The Hall–Kier alpha value is -0.160. The van der Waals surface area contributed by atoms with Gasteiger partial charge >= 0.3 is 0 Å². The normalized spacial score (nSPS) is 25.6. The van der Waals surface area contributed by atoms with Gasteiger partial charge in [-0.15, -0.1) is 0 Å². The summed E-state index contributed by atoms with van der Waals surface area (Å²) in [5.41, 5.74) is 0. The highest BCUT2D eigenvalue weighted by molar-refractivity contribution is 4.98. The molecule has 162 valence electrons. The maximum absolute atomic E-state index is 10.4. The zero-order valence-corrected chi connectivity index (χ0v) is 18.4. The zero-order chi connectivity index (χ0) is 19.9. The third kappa shape index (κ3) is 10.3. The Morgan fingerprint density at radius 1 is 0.741 bits per heavy atom. The highest BCUT2D eigenvalue weighted by Crippen LogP contribution is 2.28. The van der Waals surface area contributed by atoms with Crippen LogP contribution in [0.1, 0.15) is 104 Å². The second-order valence-electron chi connectivity index (χ2n) is 8.57. The average molecular weight is 386 g/mol. The minimum Gasteiger partial charge on any atom is -0.391 e. The lowest BCUT2D eigenvalue weighted by Crippen LogP contribution is -2.47. The van der Waals surface area contributed by atoms with Crippen LogP contribution in [0.3, 0.4) is 0 Å². The molecule has 0 aromatic heterocycles. The summed E-state index contributed by atoms with van der Waals surface area (Å²) in [5, 5.41) is 20.7. The second kappa shape index (κ2) is 15.7. The molecule has 0 bridgehead atoms. The van der Waals surface area contributed by atoms with Crippen LogP contribution in [0.25, 0.3) is 0 Å². The number of likely N-dealkylation sites (N-methyl/N-ethyl adjacent to an activating group) is 1. The minimum absolute atomic E-state index is 0.0693. The molecule has 1 aliphatic rings. The summed E-state index contributed by atoms with van der Waals surface area (Å²) < 4.78 is 6.03. The molecule has 0 radical (unpaired) electrons. The van der Waals surface area contributed by atoms with Gasteiger partial charge in [-0.2, -0.15) is 0 Å². The number of nitrogens with zero attached hydrogens (tertiary/aromatic N) is 1. The number of aliphatic hydroxyl groups excluding tert-OH is 2. The summed E-state index contributed by atoms with van der Waals surface area (Å²) in [6, 6.07) is -0.0693. The summed E-state index contributed by atoms with van der Waals surface area (Å²) in [6.45, 7) is 6.15. The van der Waals surface area contributed by atoms with Gasteiger partial charge in [0.05, 0.1) is 18.2 Å². The van der Waals surface area contributed by atoms with Crippen molar-refractivity contribution in [2.24, 2.45) is 0 Å². The molecule has 0 heterocycles. The molecular weight excluding hydrogens is 338 g/mol. The predicted octanol–water partition coefficient (Wildman–Crippen LogP) is 4.91. The topological polar surface area (TPSA) is 52.9 Å². The molecule has 0 unspecified atom stereocenters. The van der Waals surface area contributed by atoms with E-state index in [2.05, 4.69) is 25.8 Å². The number of hydrogen-bond acceptors (Lipinski definition) is 4. The molecule has 1 saturated carbocycles. The van der Waals surface area contributed by atoms with Gasteiger partial charge in [-0.05, 0) is 26.4 Å². The van der Waals surface area contributed by atoms with Crippen molar-refractivity contribution in [3.63, 3.8) is 0 Å². The molecule has 0 amide bonds. The first-order chi connectivity index (χ1) is 13.1. The first-order valence-corrected chi connectivity index (χ1v) is 11.8. The van der Waals surface area contributed by atoms with E-state index in [1.165, 1.54) is 70.6 Å². The van der Waals surface area contributed by atoms with Crippen molar-refractivity contribution < 1.29 is 14.9 Å². The Kier molecular flexibility index (Phi) is 14.5. The van der Waals surface area contributed by atoms with E-state index in [-0.39, 0.29) is 12.1 Å². The van der Waals surface area contributed by atoms with Gasteiger partial charge in [0.25, 0.3) is 0 Å². The Bertz CT molecular complexity index is 340. The lowest BCUT2D eigenvalue weighted by atomic mass is 10.1. The van der Waals surface area contributed by atoms with E-state index in [1.54, 1.807) is 0 Å². The number of rotatable bonds is 17. The van der Waals surface area contributed by atoms with E-state index in [0.717, 1.165) is 19.4 Å². The molecule has 4 atom stereocenters. The highest BCUT2D eigenvalue weighted by Gasteiger charge is 2.44. The third-order valence-corrected chi connectivity index (χ3v) is 6.02. The quantitative estimate of drug-likeness (QED) is 0.349. The molecule has 0 saturated heterocycles. The van der Waals surface area contributed by atoms with Crippen LogP contribution in [-0.2, 0) is 4.74 Å². The number of ether oxygens (including phenoxy) is 1. The molecule has 1 aliphatic carbocycles. The summed E-state index contributed by atoms with van der Waals surface area (Å²) in [6.07, 6.45) is 15.7. The number of hydrogen-bond donors (Lipinski definition) is 2. The van der Waals surface area contributed by atoms with Gasteiger partial charge in [0.1, 0.15) is 6.10 Å². The van der Waals surface area contributed by atoms with Crippen molar-refractivity contribution in [2.75, 3.05) is 20.2 Å². The fraction of sp³-hybridized carbons (Fsp3) is 1.00. The van der Waals surface area contributed by atoms with Crippen molar-refractivity contribution in [2.45, 2.75) is 128 Å². The smallest absolute Gasteiger partial charge is 0.101 e. The van der Waals surface area contributed by atoms with Crippen LogP contribution in [0.4, 0.5) is 0 Å². The van der Waals surface area contributed by atoms with E-state index < -0.39 is 12.2 Å². The number of unbranched alkanes of at least 4 members (excludes halogenated alkanes) is 11.